The lowest BCUT2D eigenvalue weighted by Crippen LogP contribution is -2.29. The maximum absolute atomic E-state index is 12.0. The van der Waals surface area contributed by atoms with Gasteiger partial charge in [0.2, 0.25) is 0 Å². The van der Waals surface area contributed by atoms with Gasteiger partial charge in [0, 0.05) is 32.3 Å². The van der Waals surface area contributed by atoms with Gasteiger partial charge >= 0.3 is 0 Å². The molecule has 2 aromatic carbocycles. The summed E-state index contributed by atoms with van der Waals surface area (Å²) in [5.74, 6) is -0.306. The number of allylic oxidation sites excluding steroid dienone is 1. The van der Waals surface area contributed by atoms with Crippen LogP contribution in [0.1, 0.15) is 22.3 Å². The lowest BCUT2D eigenvalue weighted by molar-refractivity contribution is -0.113. The minimum Gasteiger partial charge on any atom is -0.347 e. The molecule has 128 valence electrons. The van der Waals surface area contributed by atoms with Gasteiger partial charge < -0.3 is 5.32 Å². The Bertz CT molecular complexity index is 799. The van der Waals surface area contributed by atoms with Gasteiger partial charge in [-0.05, 0) is 42.0 Å². The van der Waals surface area contributed by atoms with Crippen LogP contribution in [-0.4, -0.2) is 23.1 Å². The zero-order chi connectivity index (χ0) is 18.2. The van der Waals surface area contributed by atoms with Crippen LogP contribution in [0.5, 0.6) is 0 Å². The van der Waals surface area contributed by atoms with Gasteiger partial charge in [-0.2, -0.15) is 0 Å². The van der Waals surface area contributed by atoms with E-state index in [0.717, 1.165) is 14.5 Å². The molecule has 0 atom stereocenters. The summed E-state index contributed by atoms with van der Waals surface area (Å²) >= 11 is 12.0. The molecule has 0 unspecified atom stereocenters. The predicted molar refractivity (Wildman–Crippen MR) is 112 cm³/mol. The molecule has 25 heavy (non-hydrogen) atoms. The Balaban J connectivity index is 1.82. The molecule has 0 spiro atoms. The summed E-state index contributed by atoms with van der Waals surface area (Å²) in [7, 11) is 0. The van der Waals surface area contributed by atoms with Gasteiger partial charge in [0.1, 0.15) is 0 Å². The van der Waals surface area contributed by atoms with Gasteiger partial charge in [-0.15, -0.1) is 0 Å². The molecule has 0 saturated heterocycles. The number of benzene rings is 2. The third-order valence-corrected chi connectivity index (χ3v) is 4.40. The largest absolute Gasteiger partial charge is 0.347 e. The zero-order valence-corrected chi connectivity index (χ0v) is 17.2. The Morgan fingerprint density at radius 3 is 2.32 bits per heavy atom. The molecule has 0 aliphatic rings. The van der Waals surface area contributed by atoms with E-state index in [0.29, 0.717) is 10.4 Å². The minimum absolute atomic E-state index is 0.102. The van der Waals surface area contributed by atoms with Gasteiger partial charge in [0.05, 0.1) is 0 Å². The van der Waals surface area contributed by atoms with Crippen molar-refractivity contribution in [3.05, 3.63) is 74.7 Å². The zero-order valence-electron chi connectivity index (χ0n) is 13.2. The van der Waals surface area contributed by atoms with Gasteiger partial charge in [-0.3, -0.25) is 9.59 Å². The van der Waals surface area contributed by atoms with Crippen molar-refractivity contribution in [3.8, 4) is 0 Å². The third-order valence-electron chi connectivity index (χ3n) is 3.20. The predicted octanol–water partition coefficient (Wildman–Crippen LogP) is 4.98. The molecule has 0 fully saturated rings. The van der Waals surface area contributed by atoms with E-state index in [4.69, 9.17) is 12.2 Å². The fourth-order valence-corrected chi connectivity index (χ4v) is 3.59. The lowest BCUT2D eigenvalue weighted by Gasteiger charge is -2.05. The molecule has 0 saturated carbocycles. The second-order valence-corrected chi connectivity index (χ2v) is 7.68. The topological polar surface area (TPSA) is 46.2 Å². The highest BCUT2D eigenvalue weighted by Gasteiger charge is 2.07. The van der Waals surface area contributed by atoms with E-state index in [1.165, 1.54) is 6.08 Å². The average Bonchev–Trinajstić information content (AvgIpc) is 2.58. The Morgan fingerprint density at radius 1 is 1.04 bits per heavy atom. The van der Waals surface area contributed by atoms with E-state index in [1.807, 2.05) is 24.3 Å². The first-order valence-corrected chi connectivity index (χ1v) is 9.45. The number of rotatable bonds is 7. The van der Waals surface area contributed by atoms with Gasteiger partial charge in [-0.25, -0.2) is 0 Å². The molecular weight excluding hydrogens is 466 g/mol. The van der Waals surface area contributed by atoms with Crippen molar-refractivity contribution < 1.29 is 9.59 Å². The molecule has 0 aliphatic carbocycles. The summed E-state index contributed by atoms with van der Waals surface area (Å²) < 4.78 is 1.85. The molecule has 0 bridgehead atoms. The van der Waals surface area contributed by atoms with E-state index in [2.05, 4.69) is 37.2 Å². The van der Waals surface area contributed by atoms with Gasteiger partial charge in [0.25, 0.3) is 5.91 Å². The highest BCUT2D eigenvalue weighted by Crippen LogP contribution is 2.20. The molecule has 0 aromatic heterocycles. The molecule has 2 rings (SSSR count). The van der Waals surface area contributed by atoms with Crippen LogP contribution in [0.2, 0.25) is 0 Å². The first-order valence-electron chi connectivity index (χ1n) is 7.46. The highest BCUT2D eigenvalue weighted by molar-refractivity contribution is 9.11. The molecule has 0 radical (unpaired) electrons. The lowest BCUT2D eigenvalue weighted by atomic mass is 10.1. The summed E-state index contributed by atoms with van der Waals surface area (Å²) in [6.07, 6.45) is 3.36. The van der Waals surface area contributed by atoms with Crippen molar-refractivity contribution in [2.75, 3.05) is 6.54 Å². The van der Waals surface area contributed by atoms with E-state index in [9.17, 15) is 9.59 Å². The maximum atomic E-state index is 12.0. The summed E-state index contributed by atoms with van der Waals surface area (Å²) in [6.45, 7) is 0.199. The van der Waals surface area contributed by atoms with Crippen molar-refractivity contribution in [3.63, 3.8) is 0 Å². The van der Waals surface area contributed by atoms with Crippen LogP contribution in [-0.2, 0) is 4.79 Å². The normalized spacial score (nSPS) is 10.6. The number of hydrogen-bond acceptors (Lipinski definition) is 3. The molecule has 0 aliphatic heterocycles. The number of carbonyl (C=O) groups is 2. The fraction of sp³-hybridized carbons (Fsp3) is 0.105. The average molecular weight is 481 g/mol. The maximum Gasteiger partial charge on any atom is 0.251 e. The SMILES string of the molecule is O=C(/C=C/c1cc(Br)cc(Br)c1)CC(=S)CNC(=O)c1ccccc1. The Morgan fingerprint density at radius 2 is 1.68 bits per heavy atom. The number of amides is 1. The number of ketones is 1. The summed E-state index contributed by atoms with van der Waals surface area (Å²) in [5.41, 5.74) is 1.47. The molecule has 1 N–H and O–H groups in total. The Labute approximate surface area is 168 Å². The minimum atomic E-state index is -0.204. The highest BCUT2D eigenvalue weighted by atomic mass is 79.9. The van der Waals surface area contributed by atoms with Crippen LogP contribution in [0, 0.1) is 0 Å². The molecule has 0 heterocycles. The van der Waals surface area contributed by atoms with Crippen LogP contribution in [0.15, 0.2) is 63.6 Å². The van der Waals surface area contributed by atoms with Crippen molar-refractivity contribution in [1.29, 1.82) is 0 Å². The second kappa shape index (κ2) is 9.75. The molecular formula is C19H15Br2NO2S. The van der Waals surface area contributed by atoms with Crippen LogP contribution in [0.4, 0.5) is 0 Å². The van der Waals surface area contributed by atoms with Crippen LogP contribution in [0.3, 0.4) is 0 Å². The number of halogens is 2. The van der Waals surface area contributed by atoms with E-state index in [-0.39, 0.29) is 24.7 Å². The number of carbonyl (C=O) groups excluding carboxylic acids is 2. The number of thiocarbonyl (C=S) groups is 1. The van der Waals surface area contributed by atoms with E-state index in [1.54, 1.807) is 30.3 Å². The number of nitrogens with one attached hydrogen (secondary N) is 1. The smallest absolute Gasteiger partial charge is 0.251 e. The van der Waals surface area contributed by atoms with Crippen LogP contribution in [0.25, 0.3) is 6.08 Å². The monoisotopic (exact) mass is 479 g/mol. The Kier molecular flexibility index (Phi) is 7.68. The first-order chi connectivity index (χ1) is 11.9. The number of hydrogen-bond donors (Lipinski definition) is 1. The van der Waals surface area contributed by atoms with Crippen molar-refractivity contribution in [2.24, 2.45) is 0 Å². The molecule has 2 aromatic rings. The third kappa shape index (κ3) is 7.02. The second-order valence-electron chi connectivity index (χ2n) is 5.27. The summed E-state index contributed by atoms with van der Waals surface area (Å²) in [4.78, 5) is 24.4. The van der Waals surface area contributed by atoms with E-state index < -0.39 is 0 Å². The van der Waals surface area contributed by atoms with Crippen LogP contribution >= 0.6 is 44.1 Å². The van der Waals surface area contributed by atoms with E-state index >= 15 is 0 Å². The standard InChI is InChI=1S/C19H15Br2NO2S/c20-15-8-13(9-16(21)10-15)6-7-17(23)11-18(25)12-22-19(24)14-4-2-1-3-5-14/h1-10H,11-12H2,(H,22,24)/b7-6+. The molecule has 1 amide bonds. The van der Waals surface area contributed by atoms with Crippen molar-refractivity contribution in [1.82, 2.24) is 5.32 Å². The van der Waals surface area contributed by atoms with Gasteiger partial charge in [-0.1, -0.05) is 68.4 Å². The quantitative estimate of drug-likeness (QED) is 0.448. The van der Waals surface area contributed by atoms with Gasteiger partial charge in [0.15, 0.2) is 5.78 Å². The van der Waals surface area contributed by atoms with Crippen molar-refractivity contribution in [2.45, 2.75) is 6.42 Å². The van der Waals surface area contributed by atoms with Crippen molar-refractivity contribution >= 4 is 66.7 Å². The summed E-state index contributed by atoms with van der Waals surface area (Å²) in [5, 5.41) is 2.72. The Hall–Kier alpha value is -1.63. The first kappa shape index (κ1) is 19.7. The fourth-order valence-electron chi connectivity index (χ4n) is 2.05. The summed E-state index contributed by atoms with van der Waals surface area (Å²) in [6, 6.07) is 14.6. The molecule has 6 heteroatoms. The van der Waals surface area contributed by atoms with Crippen LogP contribution < -0.4 is 5.32 Å². The molecule has 3 nitrogen and oxygen atoms in total.